The third kappa shape index (κ3) is 4.27. The molecule has 5 nitrogen and oxygen atoms in total. The largest absolute Gasteiger partial charge is 0.409 e. The lowest BCUT2D eigenvalue weighted by molar-refractivity contribution is 0.286. The van der Waals surface area contributed by atoms with Crippen molar-refractivity contribution >= 4 is 5.84 Å². The molecule has 0 aromatic carbocycles. The first-order valence-corrected chi connectivity index (χ1v) is 5.34. The number of hydrogen-bond donors (Lipinski definition) is 2. The highest BCUT2D eigenvalue weighted by atomic mass is 16.4. The van der Waals surface area contributed by atoms with Crippen LogP contribution in [0.1, 0.15) is 18.9 Å². The van der Waals surface area contributed by atoms with Crippen molar-refractivity contribution in [2.45, 2.75) is 19.9 Å². The molecule has 0 bridgehead atoms. The minimum Gasteiger partial charge on any atom is -0.409 e. The molecule has 5 heteroatoms. The summed E-state index contributed by atoms with van der Waals surface area (Å²) in [5, 5.41) is 11.5. The van der Waals surface area contributed by atoms with E-state index in [9.17, 15) is 0 Å². The van der Waals surface area contributed by atoms with E-state index >= 15 is 0 Å². The van der Waals surface area contributed by atoms with Gasteiger partial charge in [0.1, 0.15) is 0 Å². The lowest BCUT2D eigenvalue weighted by atomic mass is 10.2. The fourth-order valence-corrected chi connectivity index (χ4v) is 1.54. The van der Waals surface area contributed by atoms with E-state index in [1.54, 1.807) is 12.4 Å². The second-order valence-electron chi connectivity index (χ2n) is 3.66. The molecule has 16 heavy (non-hydrogen) atoms. The Kier molecular flexibility index (Phi) is 5.28. The van der Waals surface area contributed by atoms with E-state index in [0.717, 1.165) is 19.5 Å². The molecule has 3 N–H and O–H groups in total. The first-order chi connectivity index (χ1) is 7.76. The van der Waals surface area contributed by atoms with Gasteiger partial charge in [0, 0.05) is 18.9 Å². The zero-order chi connectivity index (χ0) is 11.8. The summed E-state index contributed by atoms with van der Waals surface area (Å²) < 4.78 is 0. The van der Waals surface area contributed by atoms with Gasteiger partial charge >= 0.3 is 0 Å². The number of hydrogen-bond acceptors (Lipinski definition) is 4. The van der Waals surface area contributed by atoms with Gasteiger partial charge < -0.3 is 10.9 Å². The Labute approximate surface area is 95.6 Å². The van der Waals surface area contributed by atoms with Crippen LogP contribution < -0.4 is 5.73 Å². The summed E-state index contributed by atoms with van der Waals surface area (Å²) in [6, 6.07) is 3.93. The average molecular weight is 222 g/mol. The monoisotopic (exact) mass is 222 g/mol. The minimum absolute atomic E-state index is 0.238. The second-order valence-corrected chi connectivity index (χ2v) is 3.66. The Bertz CT molecular complexity index is 326. The summed E-state index contributed by atoms with van der Waals surface area (Å²) in [6.45, 7) is 4.28. The maximum atomic E-state index is 8.54. The highest BCUT2D eigenvalue weighted by Crippen LogP contribution is 2.03. The van der Waals surface area contributed by atoms with E-state index in [-0.39, 0.29) is 5.84 Å². The van der Waals surface area contributed by atoms with Gasteiger partial charge in [-0.1, -0.05) is 12.1 Å². The zero-order valence-electron chi connectivity index (χ0n) is 9.50. The fourth-order valence-electron chi connectivity index (χ4n) is 1.54. The van der Waals surface area contributed by atoms with Gasteiger partial charge in [-0.3, -0.25) is 9.88 Å². The quantitative estimate of drug-likeness (QED) is 0.326. The van der Waals surface area contributed by atoms with Crippen LogP contribution in [0.4, 0.5) is 0 Å². The van der Waals surface area contributed by atoms with Crippen molar-refractivity contribution in [2.24, 2.45) is 10.9 Å². The van der Waals surface area contributed by atoms with Gasteiger partial charge in [-0.2, -0.15) is 0 Å². The Morgan fingerprint density at radius 1 is 1.50 bits per heavy atom. The maximum absolute atomic E-state index is 8.54. The lowest BCUT2D eigenvalue weighted by Crippen LogP contribution is -2.34. The van der Waals surface area contributed by atoms with Crippen molar-refractivity contribution < 1.29 is 5.21 Å². The summed E-state index contributed by atoms with van der Waals surface area (Å²) >= 11 is 0. The molecule has 0 saturated heterocycles. The van der Waals surface area contributed by atoms with Crippen molar-refractivity contribution in [3.8, 4) is 0 Å². The van der Waals surface area contributed by atoms with Gasteiger partial charge in [0.25, 0.3) is 0 Å². The third-order valence-electron chi connectivity index (χ3n) is 2.21. The zero-order valence-corrected chi connectivity index (χ0v) is 9.50. The van der Waals surface area contributed by atoms with Crippen molar-refractivity contribution in [3.63, 3.8) is 0 Å². The van der Waals surface area contributed by atoms with Gasteiger partial charge in [-0.05, 0) is 30.7 Å². The van der Waals surface area contributed by atoms with Crippen molar-refractivity contribution in [1.82, 2.24) is 9.88 Å². The molecule has 88 valence electrons. The van der Waals surface area contributed by atoms with Crippen LogP contribution in [-0.2, 0) is 6.54 Å². The summed E-state index contributed by atoms with van der Waals surface area (Å²) in [6.07, 6.45) is 4.57. The van der Waals surface area contributed by atoms with Gasteiger partial charge in [-0.15, -0.1) is 0 Å². The SMILES string of the molecule is CCCN(CC(N)=NO)Cc1ccncc1. The third-order valence-corrected chi connectivity index (χ3v) is 2.21. The molecule has 1 heterocycles. The van der Waals surface area contributed by atoms with E-state index < -0.39 is 0 Å². The highest BCUT2D eigenvalue weighted by Gasteiger charge is 2.07. The van der Waals surface area contributed by atoms with E-state index in [4.69, 9.17) is 10.9 Å². The van der Waals surface area contributed by atoms with Crippen LogP contribution in [-0.4, -0.2) is 34.0 Å². The summed E-state index contributed by atoms with van der Waals surface area (Å²) in [7, 11) is 0. The molecule has 0 aliphatic carbocycles. The molecule has 0 aliphatic heterocycles. The number of nitrogens with two attached hydrogens (primary N) is 1. The Hall–Kier alpha value is -1.62. The van der Waals surface area contributed by atoms with Crippen molar-refractivity contribution in [1.29, 1.82) is 0 Å². The van der Waals surface area contributed by atoms with Gasteiger partial charge in [-0.25, -0.2) is 0 Å². The molecule has 0 spiro atoms. The van der Waals surface area contributed by atoms with E-state index in [1.807, 2.05) is 12.1 Å². The predicted octanol–water partition coefficient (Wildman–Crippen LogP) is 1.04. The molecule has 0 fully saturated rings. The van der Waals surface area contributed by atoms with Crippen molar-refractivity contribution in [3.05, 3.63) is 30.1 Å². The number of aromatic nitrogens is 1. The lowest BCUT2D eigenvalue weighted by Gasteiger charge is -2.20. The first kappa shape index (κ1) is 12.4. The molecule has 0 amide bonds. The van der Waals surface area contributed by atoms with E-state index in [0.29, 0.717) is 6.54 Å². The molecule has 1 aromatic heterocycles. The summed E-state index contributed by atoms with van der Waals surface area (Å²) in [4.78, 5) is 6.10. The van der Waals surface area contributed by atoms with Gasteiger partial charge in [0.15, 0.2) is 5.84 Å². The molecule has 1 rings (SSSR count). The average Bonchev–Trinajstić information content (AvgIpc) is 2.30. The first-order valence-electron chi connectivity index (χ1n) is 5.34. The molecule has 0 saturated carbocycles. The van der Waals surface area contributed by atoms with Crippen molar-refractivity contribution in [2.75, 3.05) is 13.1 Å². The maximum Gasteiger partial charge on any atom is 0.153 e. The number of oxime groups is 1. The van der Waals surface area contributed by atoms with Crippen LogP contribution in [0.15, 0.2) is 29.7 Å². The predicted molar refractivity (Wildman–Crippen MR) is 63.2 cm³/mol. The number of pyridine rings is 1. The Morgan fingerprint density at radius 2 is 2.19 bits per heavy atom. The van der Waals surface area contributed by atoms with Crippen LogP contribution in [0, 0.1) is 0 Å². The Morgan fingerprint density at radius 3 is 2.75 bits per heavy atom. The van der Waals surface area contributed by atoms with Crippen LogP contribution in [0.25, 0.3) is 0 Å². The number of rotatable bonds is 6. The number of amidine groups is 1. The molecule has 0 unspecified atom stereocenters. The summed E-state index contributed by atoms with van der Waals surface area (Å²) in [5.41, 5.74) is 6.68. The molecule has 0 atom stereocenters. The van der Waals surface area contributed by atoms with E-state index in [1.165, 1.54) is 5.56 Å². The van der Waals surface area contributed by atoms with Crippen LogP contribution in [0.3, 0.4) is 0 Å². The second kappa shape index (κ2) is 6.79. The van der Waals surface area contributed by atoms with Crippen LogP contribution in [0.5, 0.6) is 0 Å². The molecule has 1 aromatic rings. The van der Waals surface area contributed by atoms with E-state index in [2.05, 4.69) is 22.0 Å². The van der Waals surface area contributed by atoms with Crippen LogP contribution in [0.2, 0.25) is 0 Å². The normalized spacial score (nSPS) is 12.0. The molecular weight excluding hydrogens is 204 g/mol. The Balaban J connectivity index is 2.57. The molecular formula is C11H18N4O. The topological polar surface area (TPSA) is 74.7 Å². The standard InChI is InChI=1S/C11H18N4O/c1-2-7-15(9-11(12)14-16)8-10-3-5-13-6-4-10/h3-6,16H,2,7-9H2,1H3,(H2,12,14). The smallest absolute Gasteiger partial charge is 0.153 e. The minimum atomic E-state index is 0.238. The number of nitrogens with zero attached hydrogens (tertiary/aromatic N) is 3. The fraction of sp³-hybridized carbons (Fsp3) is 0.455. The molecule has 0 radical (unpaired) electrons. The van der Waals surface area contributed by atoms with Gasteiger partial charge in [0.05, 0.1) is 6.54 Å². The van der Waals surface area contributed by atoms with Gasteiger partial charge in [0.2, 0.25) is 0 Å². The summed E-state index contributed by atoms with van der Waals surface area (Å²) in [5.74, 6) is 0.238. The highest BCUT2D eigenvalue weighted by molar-refractivity contribution is 5.81. The van der Waals surface area contributed by atoms with Crippen LogP contribution >= 0.6 is 0 Å². The molecule has 0 aliphatic rings.